The van der Waals surface area contributed by atoms with Crippen molar-refractivity contribution in [1.82, 2.24) is 0 Å². The number of carbonyl (C=O) groups is 2. The summed E-state index contributed by atoms with van der Waals surface area (Å²) in [6.45, 7) is 13.6. The third-order valence-corrected chi connectivity index (χ3v) is 8.35. The van der Waals surface area contributed by atoms with E-state index in [1.54, 1.807) is 7.11 Å². The third-order valence-electron chi connectivity index (χ3n) is 8.35. The molecule has 0 bridgehead atoms. The van der Waals surface area contributed by atoms with Crippen LogP contribution in [-0.2, 0) is 33.6 Å². The number of methoxy groups -OCH3 is 1. The maximum atomic E-state index is 12.4. The second-order valence-corrected chi connectivity index (χ2v) is 11.7. The van der Waals surface area contributed by atoms with E-state index in [-0.39, 0.29) is 19.6 Å². The van der Waals surface area contributed by atoms with Crippen LogP contribution in [0.3, 0.4) is 0 Å². The van der Waals surface area contributed by atoms with E-state index < -0.39 is 12.6 Å². The van der Waals surface area contributed by atoms with Gasteiger partial charge in [-0.1, -0.05) is 74.4 Å². The summed E-state index contributed by atoms with van der Waals surface area (Å²) >= 11 is 0. The minimum Gasteiger partial charge on any atom is -0.400 e. The average molecular weight is 695 g/mol. The highest BCUT2D eigenvalue weighted by Gasteiger charge is 2.27. The van der Waals surface area contributed by atoms with E-state index in [1.807, 2.05) is 6.79 Å². The molecule has 1 saturated carbocycles. The van der Waals surface area contributed by atoms with Gasteiger partial charge in [-0.2, -0.15) is 13.2 Å². The van der Waals surface area contributed by atoms with Gasteiger partial charge >= 0.3 is 6.18 Å². The monoisotopic (exact) mass is 694 g/mol. The molecule has 0 atom stereocenters. The molecule has 0 spiro atoms. The molecule has 0 saturated heterocycles. The number of aliphatic hydroxyl groups is 3. The summed E-state index contributed by atoms with van der Waals surface area (Å²) in [6, 6.07) is 13.6. The Morgan fingerprint density at radius 1 is 0.939 bits per heavy atom. The number of hydrogen-bond acceptors (Lipinski definition) is 6. The highest BCUT2D eigenvalue weighted by molar-refractivity contribution is 5.67. The Hall–Kier alpha value is -3.11. The molecule has 2 aromatic carbocycles. The maximum Gasteiger partial charge on any atom is 0.389 e. The number of alkyl halides is 3. The lowest BCUT2D eigenvalue weighted by Gasteiger charge is -2.30. The van der Waals surface area contributed by atoms with Crippen LogP contribution in [0.5, 0.6) is 0 Å². The minimum absolute atomic E-state index is 0.0290. The summed E-state index contributed by atoms with van der Waals surface area (Å²) < 4.78 is 42.6. The van der Waals surface area contributed by atoms with Crippen molar-refractivity contribution in [3.05, 3.63) is 83.5 Å². The standard InChI is InChI=1S/C33H45F3O2.C3H6O.C2H4O.CH4O.CH2O/c1-4-26-21-30(29-15-14-27(11-8-24(2)23-37)31(22-29)18-20-38-3)16-17-32(26)28-12-9-25(10-13-28)7-5-6-19-33(34,35)36;1-2-3-4;1-2-3;2*1-2/h14-17,21-22,25,28,37H,2,4-13,18-20,23H2,1,3H3;2,4H,1,3H2;2H,1H3;2H,1H3;1H2. The van der Waals surface area contributed by atoms with Crippen molar-refractivity contribution in [2.75, 3.05) is 34.0 Å². The molecule has 3 rings (SSSR count). The molecule has 0 aliphatic heterocycles. The summed E-state index contributed by atoms with van der Waals surface area (Å²) in [4.78, 5) is 16.8. The Morgan fingerprint density at radius 2 is 1.49 bits per heavy atom. The molecule has 1 aliphatic rings. The van der Waals surface area contributed by atoms with Crippen molar-refractivity contribution >= 4 is 13.1 Å². The third kappa shape index (κ3) is 20.9. The van der Waals surface area contributed by atoms with Crippen LogP contribution in [0.15, 0.2) is 61.2 Å². The predicted molar refractivity (Wildman–Crippen MR) is 195 cm³/mol. The molecule has 2 aromatic rings. The second-order valence-electron chi connectivity index (χ2n) is 11.7. The normalized spacial score (nSPS) is 15.0. The smallest absolute Gasteiger partial charge is 0.389 e. The fourth-order valence-corrected chi connectivity index (χ4v) is 5.89. The Bertz CT molecular complexity index is 1160. The van der Waals surface area contributed by atoms with E-state index in [1.165, 1.54) is 46.4 Å². The van der Waals surface area contributed by atoms with Crippen LogP contribution >= 0.6 is 0 Å². The molecule has 3 N–H and O–H groups in total. The van der Waals surface area contributed by atoms with Gasteiger partial charge in [0.05, 0.1) is 19.8 Å². The second kappa shape index (κ2) is 29.8. The zero-order valence-electron chi connectivity index (χ0n) is 30.2. The van der Waals surface area contributed by atoms with Crippen molar-refractivity contribution in [2.45, 2.75) is 103 Å². The topological polar surface area (TPSA) is 104 Å². The maximum absolute atomic E-state index is 12.4. The number of aldehydes is 1. The van der Waals surface area contributed by atoms with Crippen LogP contribution in [0.25, 0.3) is 11.1 Å². The van der Waals surface area contributed by atoms with Gasteiger partial charge in [0.2, 0.25) is 0 Å². The van der Waals surface area contributed by atoms with E-state index in [4.69, 9.17) is 24.5 Å². The zero-order valence-corrected chi connectivity index (χ0v) is 30.2. The molecule has 49 heavy (non-hydrogen) atoms. The lowest BCUT2D eigenvalue weighted by atomic mass is 9.75. The number of unbranched alkanes of at least 4 members (excludes halogenated alkanes) is 1. The van der Waals surface area contributed by atoms with Gasteiger partial charge in [0.25, 0.3) is 0 Å². The first kappa shape index (κ1) is 48.0. The summed E-state index contributed by atoms with van der Waals surface area (Å²) in [5.74, 6) is 1.12. The molecule has 1 fully saturated rings. The lowest BCUT2D eigenvalue weighted by Crippen LogP contribution is -2.15. The number of aliphatic hydroxyl groups excluding tert-OH is 3. The van der Waals surface area contributed by atoms with Crippen molar-refractivity contribution in [1.29, 1.82) is 0 Å². The fraction of sp³-hybridized carbons (Fsp3) is 0.550. The van der Waals surface area contributed by atoms with Gasteiger partial charge in [0.15, 0.2) is 0 Å². The van der Waals surface area contributed by atoms with Crippen molar-refractivity contribution in [3.8, 4) is 11.1 Å². The number of carbonyl (C=O) groups excluding carboxylic acids is 2. The lowest BCUT2D eigenvalue weighted by molar-refractivity contribution is -0.135. The van der Waals surface area contributed by atoms with E-state index in [0.717, 1.165) is 76.8 Å². The van der Waals surface area contributed by atoms with E-state index in [0.29, 0.717) is 24.9 Å². The fourth-order valence-electron chi connectivity index (χ4n) is 5.89. The number of benzene rings is 2. The molecule has 0 heterocycles. The van der Waals surface area contributed by atoms with E-state index >= 15 is 0 Å². The Labute approximate surface area is 293 Å². The molecular formula is C40H61F3O6. The van der Waals surface area contributed by atoms with Crippen molar-refractivity contribution < 1.29 is 42.8 Å². The molecule has 0 unspecified atom stereocenters. The Kier molecular flexibility index (Phi) is 29.2. The predicted octanol–water partition coefficient (Wildman–Crippen LogP) is 8.78. The van der Waals surface area contributed by atoms with Gasteiger partial charge in [0, 0.05) is 20.6 Å². The Morgan fingerprint density at radius 3 is 1.98 bits per heavy atom. The van der Waals surface area contributed by atoms with E-state index in [2.05, 4.69) is 56.5 Å². The summed E-state index contributed by atoms with van der Waals surface area (Å²) in [5, 5.41) is 24.1. The van der Waals surface area contributed by atoms with Crippen LogP contribution in [0.2, 0.25) is 0 Å². The van der Waals surface area contributed by atoms with Gasteiger partial charge in [-0.05, 0) is 110 Å². The summed E-state index contributed by atoms with van der Waals surface area (Å²) in [5.41, 5.74) is 8.71. The van der Waals surface area contributed by atoms with Crippen molar-refractivity contribution in [3.63, 3.8) is 0 Å². The molecule has 278 valence electrons. The highest BCUT2D eigenvalue weighted by atomic mass is 19.4. The van der Waals surface area contributed by atoms with Gasteiger partial charge in [-0.15, -0.1) is 6.58 Å². The van der Waals surface area contributed by atoms with Gasteiger partial charge in [-0.3, -0.25) is 0 Å². The average Bonchev–Trinajstić information content (AvgIpc) is 3.13. The van der Waals surface area contributed by atoms with Gasteiger partial charge in [-0.25, -0.2) is 0 Å². The molecule has 6 nitrogen and oxygen atoms in total. The zero-order chi connectivity index (χ0) is 37.7. The molecule has 0 amide bonds. The largest absolute Gasteiger partial charge is 0.400 e. The van der Waals surface area contributed by atoms with Crippen molar-refractivity contribution in [2.24, 2.45) is 5.92 Å². The first-order valence-corrected chi connectivity index (χ1v) is 17.0. The molecule has 1 aliphatic carbocycles. The Balaban J connectivity index is 0. The number of halogens is 3. The molecule has 0 aromatic heterocycles. The van der Waals surface area contributed by atoms with E-state index in [9.17, 15) is 18.3 Å². The molecule has 9 heteroatoms. The van der Waals surface area contributed by atoms with Gasteiger partial charge < -0.3 is 29.6 Å². The number of hydrogen-bond donors (Lipinski definition) is 3. The number of ether oxygens (including phenoxy) is 1. The molecular weight excluding hydrogens is 633 g/mol. The first-order chi connectivity index (χ1) is 23.6. The van der Waals surface area contributed by atoms with Crippen LogP contribution in [0.1, 0.15) is 99.8 Å². The first-order valence-electron chi connectivity index (χ1n) is 17.0. The highest BCUT2D eigenvalue weighted by Crippen LogP contribution is 2.40. The van der Waals surface area contributed by atoms with Crippen LogP contribution in [-0.4, -0.2) is 68.6 Å². The van der Waals surface area contributed by atoms with Crippen LogP contribution in [0, 0.1) is 5.92 Å². The summed E-state index contributed by atoms with van der Waals surface area (Å²) in [6.07, 6.45) is 7.36. The SMILES string of the molecule is C=C(CO)CCc1ccc(-c2ccc(C3CCC(CCCCC(F)(F)F)CC3)c(CC)c2)cc1CCOC.C=CCO.C=O.CC=O.CO. The number of rotatable bonds is 15. The quantitative estimate of drug-likeness (QED) is 0.0979. The van der Waals surface area contributed by atoms with Crippen LogP contribution in [0.4, 0.5) is 13.2 Å². The number of aryl methyl sites for hydroxylation is 2. The molecule has 0 radical (unpaired) electrons. The summed E-state index contributed by atoms with van der Waals surface area (Å²) in [7, 11) is 2.73. The minimum atomic E-state index is -4.02. The van der Waals surface area contributed by atoms with Gasteiger partial charge in [0.1, 0.15) is 13.1 Å². The van der Waals surface area contributed by atoms with Crippen LogP contribution < -0.4 is 0 Å².